The normalized spacial score (nSPS) is 18.1. The third-order valence-electron chi connectivity index (χ3n) is 5.57. The van der Waals surface area contributed by atoms with Crippen molar-refractivity contribution in [3.05, 3.63) is 29.3 Å². The van der Waals surface area contributed by atoms with E-state index in [1.165, 1.54) is 17.5 Å². The van der Waals surface area contributed by atoms with Crippen LogP contribution in [0.4, 0.5) is 5.69 Å². The molecule has 26 heavy (non-hydrogen) atoms. The summed E-state index contributed by atoms with van der Waals surface area (Å²) in [5.74, 6) is -0.748. The van der Waals surface area contributed by atoms with Gasteiger partial charge in [-0.3, -0.25) is 19.4 Å². The highest BCUT2D eigenvalue weighted by Gasteiger charge is 2.26. The van der Waals surface area contributed by atoms with Crippen LogP contribution in [0.2, 0.25) is 0 Å². The van der Waals surface area contributed by atoms with E-state index >= 15 is 0 Å². The van der Waals surface area contributed by atoms with Crippen LogP contribution in [-0.4, -0.2) is 65.5 Å². The van der Waals surface area contributed by atoms with Gasteiger partial charge in [-0.05, 0) is 61.9 Å². The number of rotatable bonds is 7. The third kappa shape index (κ3) is 4.83. The molecule has 1 aliphatic heterocycles. The summed E-state index contributed by atoms with van der Waals surface area (Å²) in [5.41, 5.74) is 3.66. The molecule has 3 rings (SSSR count). The zero-order valence-electron chi connectivity index (χ0n) is 15.5. The van der Waals surface area contributed by atoms with Crippen LogP contribution in [0.1, 0.15) is 37.3 Å². The first-order chi connectivity index (χ1) is 12.5. The Labute approximate surface area is 155 Å². The molecule has 0 unspecified atom stereocenters. The molecule has 0 saturated carbocycles. The summed E-state index contributed by atoms with van der Waals surface area (Å²) in [6, 6.07) is 6.54. The van der Waals surface area contributed by atoms with Crippen LogP contribution in [-0.2, 0) is 22.4 Å². The van der Waals surface area contributed by atoms with Gasteiger partial charge < -0.3 is 10.4 Å². The van der Waals surface area contributed by atoms with Gasteiger partial charge in [-0.15, -0.1) is 0 Å². The van der Waals surface area contributed by atoms with Gasteiger partial charge >= 0.3 is 5.97 Å². The SMILES string of the molecule is CCN(CC(=O)O)C1CCN(CC(=O)Nc2ccc3c(c2)CCC3)CC1. The van der Waals surface area contributed by atoms with Crippen LogP contribution >= 0.6 is 0 Å². The van der Waals surface area contributed by atoms with Gasteiger partial charge in [0.15, 0.2) is 0 Å². The number of fused-ring (bicyclic) bond motifs is 1. The fourth-order valence-corrected chi connectivity index (χ4v) is 4.17. The van der Waals surface area contributed by atoms with E-state index in [9.17, 15) is 9.59 Å². The topological polar surface area (TPSA) is 72.9 Å². The van der Waals surface area contributed by atoms with Crippen LogP contribution in [0.15, 0.2) is 18.2 Å². The zero-order chi connectivity index (χ0) is 18.5. The molecule has 1 amide bonds. The highest BCUT2D eigenvalue weighted by molar-refractivity contribution is 5.92. The Kier molecular flexibility index (Phi) is 6.27. The summed E-state index contributed by atoms with van der Waals surface area (Å²) in [6.45, 7) is 4.90. The molecule has 0 radical (unpaired) electrons. The lowest BCUT2D eigenvalue weighted by molar-refractivity contribution is -0.139. The molecule has 0 aromatic heterocycles. The lowest BCUT2D eigenvalue weighted by Crippen LogP contribution is -2.48. The molecule has 1 saturated heterocycles. The Hall–Kier alpha value is -1.92. The number of carbonyl (C=O) groups is 2. The molecule has 2 aliphatic rings. The number of hydrogen-bond donors (Lipinski definition) is 2. The zero-order valence-corrected chi connectivity index (χ0v) is 15.5. The molecule has 2 N–H and O–H groups in total. The molecule has 0 atom stereocenters. The van der Waals surface area contributed by atoms with E-state index in [1.807, 2.05) is 17.9 Å². The van der Waals surface area contributed by atoms with Crippen molar-refractivity contribution in [3.8, 4) is 0 Å². The molecule has 1 fully saturated rings. The highest BCUT2D eigenvalue weighted by atomic mass is 16.4. The number of benzene rings is 1. The Morgan fingerprint density at radius 2 is 1.96 bits per heavy atom. The van der Waals surface area contributed by atoms with Gasteiger partial charge in [0.25, 0.3) is 0 Å². The maximum atomic E-state index is 12.4. The summed E-state index contributed by atoms with van der Waals surface area (Å²) in [7, 11) is 0. The number of carboxylic acid groups (broad SMARTS) is 1. The van der Waals surface area contributed by atoms with Gasteiger partial charge in [-0.2, -0.15) is 0 Å². The average molecular weight is 359 g/mol. The first kappa shape index (κ1) is 18.9. The number of piperidine rings is 1. The van der Waals surface area contributed by atoms with E-state index < -0.39 is 5.97 Å². The summed E-state index contributed by atoms with van der Waals surface area (Å²) < 4.78 is 0. The fourth-order valence-electron chi connectivity index (χ4n) is 4.17. The number of likely N-dealkylation sites (N-methyl/N-ethyl adjacent to an activating group) is 1. The van der Waals surface area contributed by atoms with Gasteiger partial charge in [0.2, 0.25) is 5.91 Å². The number of aryl methyl sites for hydroxylation is 2. The van der Waals surface area contributed by atoms with Crippen LogP contribution in [0.3, 0.4) is 0 Å². The number of nitrogens with zero attached hydrogens (tertiary/aromatic N) is 2. The van der Waals surface area contributed by atoms with Crippen molar-refractivity contribution in [2.24, 2.45) is 0 Å². The van der Waals surface area contributed by atoms with Crippen molar-refractivity contribution in [2.75, 3.05) is 38.0 Å². The number of amides is 1. The van der Waals surface area contributed by atoms with Crippen LogP contribution in [0, 0.1) is 0 Å². The Bertz CT molecular complexity index is 654. The predicted octanol–water partition coefficient (Wildman–Crippen LogP) is 1.98. The summed E-state index contributed by atoms with van der Waals surface area (Å²) >= 11 is 0. The average Bonchev–Trinajstić information content (AvgIpc) is 3.08. The van der Waals surface area contributed by atoms with Gasteiger partial charge in [0, 0.05) is 24.8 Å². The number of anilines is 1. The molecule has 1 heterocycles. The van der Waals surface area contributed by atoms with Crippen molar-refractivity contribution in [2.45, 2.75) is 45.1 Å². The Morgan fingerprint density at radius 3 is 2.65 bits per heavy atom. The number of carboxylic acids is 1. The first-order valence-corrected chi connectivity index (χ1v) is 9.65. The minimum atomic E-state index is -0.775. The molecular formula is C20H29N3O3. The maximum Gasteiger partial charge on any atom is 0.317 e. The largest absolute Gasteiger partial charge is 0.480 e. The molecule has 1 aliphatic carbocycles. The minimum Gasteiger partial charge on any atom is -0.480 e. The standard InChI is InChI=1S/C20H29N3O3/c1-2-23(14-20(25)26)18-8-10-22(11-9-18)13-19(24)21-17-7-6-15-4-3-5-16(15)12-17/h6-7,12,18H,2-5,8-11,13-14H2,1H3,(H,21,24)(H,25,26). The smallest absolute Gasteiger partial charge is 0.317 e. The maximum absolute atomic E-state index is 12.4. The molecule has 6 nitrogen and oxygen atoms in total. The van der Waals surface area contributed by atoms with E-state index in [0.717, 1.165) is 51.0 Å². The molecule has 1 aromatic rings. The van der Waals surface area contributed by atoms with E-state index in [-0.39, 0.29) is 12.5 Å². The number of aliphatic carboxylic acids is 1. The second kappa shape index (κ2) is 8.64. The van der Waals surface area contributed by atoms with Crippen molar-refractivity contribution < 1.29 is 14.7 Å². The quantitative estimate of drug-likeness (QED) is 0.779. The van der Waals surface area contributed by atoms with Crippen LogP contribution in [0.5, 0.6) is 0 Å². The molecule has 142 valence electrons. The van der Waals surface area contributed by atoms with Crippen molar-refractivity contribution >= 4 is 17.6 Å². The van der Waals surface area contributed by atoms with Crippen LogP contribution < -0.4 is 5.32 Å². The van der Waals surface area contributed by atoms with E-state index in [1.54, 1.807) is 0 Å². The lowest BCUT2D eigenvalue weighted by atomic mass is 10.0. The van der Waals surface area contributed by atoms with E-state index in [0.29, 0.717) is 12.6 Å². The van der Waals surface area contributed by atoms with Gasteiger partial charge in [-0.25, -0.2) is 0 Å². The number of hydrogen-bond acceptors (Lipinski definition) is 4. The first-order valence-electron chi connectivity index (χ1n) is 9.65. The third-order valence-corrected chi connectivity index (χ3v) is 5.57. The van der Waals surface area contributed by atoms with E-state index in [4.69, 9.17) is 5.11 Å². The number of likely N-dealkylation sites (tertiary alicyclic amines) is 1. The lowest BCUT2D eigenvalue weighted by Gasteiger charge is -2.37. The number of nitrogens with one attached hydrogen (secondary N) is 1. The Balaban J connectivity index is 1.45. The molecular weight excluding hydrogens is 330 g/mol. The molecule has 0 bridgehead atoms. The fraction of sp³-hybridized carbons (Fsp3) is 0.600. The van der Waals surface area contributed by atoms with Gasteiger partial charge in [0.1, 0.15) is 0 Å². The Morgan fingerprint density at radius 1 is 1.23 bits per heavy atom. The number of carbonyl (C=O) groups excluding carboxylic acids is 1. The summed E-state index contributed by atoms with van der Waals surface area (Å²) in [4.78, 5) is 27.5. The molecule has 0 spiro atoms. The van der Waals surface area contributed by atoms with Crippen molar-refractivity contribution in [3.63, 3.8) is 0 Å². The van der Waals surface area contributed by atoms with Gasteiger partial charge in [-0.1, -0.05) is 13.0 Å². The second-order valence-electron chi connectivity index (χ2n) is 7.35. The minimum absolute atomic E-state index is 0.0271. The van der Waals surface area contributed by atoms with Crippen molar-refractivity contribution in [1.29, 1.82) is 0 Å². The molecule has 1 aromatic carbocycles. The monoisotopic (exact) mass is 359 g/mol. The highest BCUT2D eigenvalue weighted by Crippen LogP contribution is 2.25. The van der Waals surface area contributed by atoms with E-state index in [2.05, 4.69) is 22.3 Å². The van der Waals surface area contributed by atoms with Gasteiger partial charge in [0.05, 0.1) is 13.1 Å². The molecule has 6 heteroatoms. The summed E-state index contributed by atoms with van der Waals surface area (Å²) in [5, 5.41) is 12.0. The predicted molar refractivity (Wildman–Crippen MR) is 101 cm³/mol. The summed E-state index contributed by atoms with van der Waals surface area (Å²) in [6.07, 6.45) is 5.28. The second-order valence-corrected chi connectivity index (χ2v) is 7.35. The van der Waals surface area contributed by atoms with Crippen LogP contribution in [0.25, 0.3) is 0 Å². The van der Waals surface area contributed by atoms with Crippen molar-refractivity contribution in [1.82, 2.24) is 9.80 Å².